The highest BCUT2D eigenvalue weighted by Gasteiger charge is 2.20. The molecule has 2 N–H and O–H groups in total. The molecular weight excluding hydrogens is 298 g/mol. The van der Waals surface area contributed by atoms with E-state index in [0.29, 0.717) is 35.6 Å². The average molecular weight is 316 g/mol. The second-order valence-corrected chi connectivity index (χ2v) is 5.51. The van der Waals surface area contributed by atoms with Crippen LogP contribution >= 0.6 is 15.9 Å². The van der Waals surface area contributed by atoms with Crippen molar-refractivity contribution in [3.63, 3.8) is 0 Å². The summed E-state index contributed by atoms with van der Waals surface area (Å²) in [7, 11) is 0. The van der Waals surface area contributed by atoms with Crippen LogP contribution in [0, 0.1) is 5.92 Å². The number of aromatic nitrogens is 2. The van der Waals surface area contributed by atoms with Crippen molar-refractivity contribution in [3.8, 4) is 0 Å². The molecule has 0 amide bonds. The molecule has 1 aliphatic carbocycles. The zero-order chi connectivity index (χ0) is 13.0. The molecule has 18 heavy (non-hydrogen) atoms. The Hall–Kier alpha value is -0.880. The van der Waals surface area contributed by atoms with Gasteiger partial charge in [-0.2, -0.15) is 5.10 Å². The van der Waals surface area contributed by atoms with E-state index in [1.54, 1.807) is 6.20 Å². The fraction of sp³-hybridized carbons (Fsp3) is 0.667. The van der Waals surface area contributed by atoms with E-state index >= 15 is 0 Å². The van der Waals surface area contributed by atoms with Gasteiger partial charge in [-0.15, -0.1) is 0 Å². The highest BCUT2D eigenvalue weighted by Crippen LogP contribution is 2.27. The van der Waals surface area contributed by atoms with Crippen molar-refractivity contribution in [1.82, 2.24) is 9.78 Å². The van der Waals surface area contributed by atoms with Crippen molar-refractivity contribution in [2.75, 3.05) is 18.5 Å². The summed E-state index contributed by atoms with van der Waals surface area (Å²) >= 11 is 3.33. The molecule has 1 aromatic heterocycles. The molecule has 0 atom stereocenters. The van der Waals surface area contributed by atoms with E-state index in [1.165, 1.54) is 23.9 Å². The molecular formula is C12H18BrN3O2. The number of aliphatic hydroxyl groups is 1. The molecule has 1 saturated carbocycles. The van der Waals surface area contributed by atoms with E-state index in [4.69, 9.17) is 5.11 Å². The van der Waals surface area contributed by atoms with Gasteiger partial charge in [0.25, 0.3) is 5.56 Å². The zero-order valence-electron chi connectivity index (χ0n) is 10.2. The van der Waals surface area contributed by atoms with E-state index in [0.717, 1.165) is 0 Å². The summed E-state index contributed by atoms with van der Waals surface area (Å²) in [5, 5.41) is 16.0. The number of rotatable bonds is 6. The van der Waals surface area contributed by atoms with E-state index in [9.17, 15) is 4.79 Å². The Morgan fingerprint density at radius 3 is 2.94 bits per heavy atom. The van der Waals surface area contributed by atoms with Crippen LogP contribution in [0.4, 0.5) is 5.69 Å². The molecule has 1 fully saturated rings. The fourth-order valence-electron chi connectivity index (χ4n) is 1.97. The Morgan fingerprint density at radius 2 is 2.33 bits per heavy atom. The van der Waals surface area contributed by atoms with Gasteiger partial charge in [-0.05, 0) is 41.1 Å². The molecule has 0 aromatic carbocycles. The fourth-order valence-corrected chi connectivity index (χ4v) is 2.37. The maximum atomic E-state index is 12.2. The van der Waals surface area contributed by atoms with Crippen LogP contribution in [0.25, 0.3) is 0 Å². The summed E-state index contributed by atoms with van der Waals surface area (Å²) < 4.78 is 2.21. The van der Waals surface area contributed by atoms with Gasteiger partial charge in [0, 0.05) is 19.7 Å². The predicted molar refractivity (Wildman–Crippen MR) is 73.7 cm³/mol. The monoisotopic (exact) mass is 315 g/mol. The van der Waals surface area contributed by atoms with Crippen molar-refractivity contribution in [1.29, 1.82) is 0 Å². The maximum Gasteiger partial charge on any atom is 0.291 e. The Balaban J connectivity index is 2.11. The predicted octanol–water partition coefficient (Wildman–Crippen LogP) is 1.60. The topological polar surface area (TPSA) is 67.2 Å². The average Bonchev–Trinajstić information content (AvgIpc) is 2.30. The molecule has 1 heterocycles. The molecule has 0 unspecified atom stereocenters. The van der Waals surface area contributed by atoms with Crippen molar-refractivity contribution < 1.29 is 5.11 Å². The molecule has 0 radical (unpaired) electrons. The van der Waals surface area contributed by atoms with Gasteiger partial charge in [0.1, 0.15) is 5.69 Å². The Bertz CT molecular complexity index is 457. The number of hydrogen-bond acceptors (Lipinski definition) is 4. The van der Waals surface area contributed by atoms with Crippen LogP contribution in [0.2, 0.25) is 0 Å². The highest BCUT2D eigenvalue weighted by molar-refractivity contribution is 9.10. The lowest BCUT2D eigenvalue weighted by Gasteiger charge is -2.25. The first-order chi connectivity index (χ1) is 8.72. The van der Waals surface area contributed by atoms with Crippen molar-refractivity contribution >= 4 is 21.6 Å². The van der Waals surface area contributed by atoms with E-state index in [2.05, 4.69) is 26.3 Å². The number of nitrogens with one attached hydrogen (secondary N) is 1. The lowest BCUT2D eigenvalue weighted by Crippen LogP contribution is -2.31. The lowest BCUT2D eigenvalue weighted by atomic mass is 9.85. The third-order valence-electron chi connectivity index (χ3n) is 3.29. The smallest absolute Gasteiger partial charge is 0.291 e. The van der Waals surface area contributed by atoms with Gasteiger partial charge in [-0.1, -0.05) is 6.42 Å². The van der Waals surface area contributed by atoms with Gasteiger partial charge in [-0.3, -0.25) is 4.79 Å². The van der Waals surface area contributed by atoms with Crippen LogP contribution in [0.5, 0.6) is 0 Å². The summed E-state index contributed by atoms with van der Waals surface area (Å²) in [5.41, 5.74) is 0.451. The SMILES string of the molecule is O=c1c(NCCCO)c(Br)cnn1CC1CCC1. The standard InChI is InChI=1S/C12H18BrN3O2/c13-10-7-15-16(8-9-3-1-4-9)12(18)11(10)14-5-2-6-17/h7,9,14,17H,1-6,8H2. The molecule has 100 valence electrons. The van der Waals surface area contributed by atoms with Gasteiger partial charge in [0.2, 0.25) is 0 Å². The first-order valence-corrected chi connectivity index (χ1v) is 7.12. The number of halogens is 1. The largest absolute Gasteiger partial charge is 0.396 e. The van der Waals surface area contributed by atoms with Crippen LogP contribution in [0.15, 0.2) is 15.5 Å². The van der Waals surface area contributed by atoms with Crippen LogP contribution in [-0.2, 0) is 6.54 Å². The molecule has 1 aliphatic rings. The normalized spacial score (nSPS) is 15.4. The summed E-state index contributed by atoms with van der Waals surface area (Å²) in [6, 6.07) is 0. The van der Waals surface area contributed by atoms with Gasteiger partial charge < -0.3 is 10.4 Å². The molecule has 5 nitrogen and oxygen atoms in total. The first kappa shape index (κ1) is 13.5. The molecule has 0 spiro atoms. The van der Waals surface area contributed by atoms with Crippen LogP contribution in [0.3, 0.4) is 0 Å². The second kappa shape index (κ2) is 6.33. The maximum absolute atomic E-state index is 12.2. The van der Waals surface area contributed by atoms with Crippen LogP contribution < -0.4 is 10.9 Å². The summed E-state index contributed by atoms with van der Waals surface area (Å²) in [4.78, 5) is 12.2. The van der Waals surface area contributed by atoms with E-state index in [1.807, 2.05) is 0 Å². The molecule has 0 bridgehead atoms. The van der Waals surface area contributed by atoms with E-state index < -0.39 is 0 Å². The summed E-state index contributed by atoms with van der Waals surface area (Å²) in [6.45, 7) is 1.41. The number of aliphatic hydroxyl groups excluding tert-OH is 1. The van der Waals surface area contributed by atoms with Crippen molar-refractivity contribution in [2.45, 2.75) is 32.2 Å². The summed E-state index contributed by atoms with van der Waals surface area (Å²) in [6.07, 6.45) is 5.92. The molecule has 2 rings (SSSR count). The van der Waals surface area contributed by atoms with Gasteiger partial charge >= 0.3 is 0 Å². The molecule has 0 saturated heterocycles. The summed E-state index contributed by atoms with van der Waals surface area (Å²) in [5.74, 6) is 0.599. The van der Waals surface area contributed by atoms with Gasteiger partial charge in [-0.25, -0.2) is 4.68 Å². The second-order valence-electron chi connectivity index (χ2n) is 4.66. The molecule has 1 aromatic rings. The first-order valence-electron chi connectivity index (χ1n) is 6.32. The van der Waals surface area contributed by atoms with E-state index in [-0.39, 0.29) is 12.2 Å². The molecule has 6 heteroatoms. The van der Waals surface area contributed by atoms with Crippen molar-refractivity contribution in [2.24, 2.45) is 5.92 Å². The number of anilines is 1. The minimum Gasteiger partial charge on any atom is -0.396 e. The van der Waals surface area contributed by atoms with Crippen LogP contribution in [0.1, 0.15) is 25.7 Å². The van der Waals surface area contributed by atoms with Crippen molar-refractivity contribution in [3.05, 3.63) is 21.0 Å². The molecule has 0 aliphatic heterocycles. The zero-order valence-corrected chi connectivity index (χ0v) is 11.8. The number of nitrogens with zero attached hydrogens (tertiary/aromatic N) is 2. The quantitative estimate of drug-likeness (QED) is 0.782. The van der Waals surface area contributed by atoms with Gasteiger partial charge in [0.05, 0.1) is 10.7 Å². The number of hydrogen-bond donors (Lipinski definition) is 2. The third-order valence-corrected chi connectivity index (χ3v) is 3.89. The highest BCUT2D eigenvalue weighted by atomic mass is 79.9. The Morgan fingerprint density at radius 1 is 1.56 bits per heavy atom. The minimum absolute atomic E-state index is 0.0887. The minimum atomic E-state index is -0.0887. The van der Waals surface area contributed by atoms with Crippen LogP contribution in [-0.4, -0.2) is 28.0 Å². The Kier molecular flexibility index (Phi) is 4.77. The third kappa shape index (κ3) is 3.11. The van der Waals surface area contributed by atoms with Gasteiger partial charge in [0.15, 0.2) is 0 Å². The lowest BCUT2D eigenvalue weighted by molar-refractivity contribution is 0.262. The Labute approximate surface area is 114 Å².